The molecule has 0 saturated heterocycles. The van der Waals surface area contributed by atoms with Crippen molar-refractivity contribution in [1.82, 2.24) is 0 Å². The fourth-order valence-corrected chi connectivity index (χ4v) is 1.90. The van der Waals surface area contributed by atoms with Gasteiger partial charge in [-0.2, -0.15) is 13.2 Å². The topological polar surface area (TPSA) is 87.7 Å². The van der Waals surface area contributed by atoms with Gasteiger partial charge in [-0.25, -0.2) is 0 Å². The zero-order chi connectivity index (χ0) is 19.3. The minimum absolute atomic E-state index is 0.0483. The summed E-state index contributed by atoms with van der Waals surface area (Å²) < 4.78 is 42.2. The Labute approximate surface area is 146 Å². The van der Waals surface area contributed by atoms with Crippen LogP contribution in [-0.2, 0) is 9.59 Å². The first kappa shape index (κ1) is 19.1. The van der Waals surface area contributed by atoms with Gasteiger partial charge in [-0.05, 0) is 49.4 Å². The lowest BCUT2D eigenvalue weighted by Gasteiger charge is -2.15. The quantitative estimate of drug-likeness (QED) is 0.756. The number of anilines is 2. The molecule has 26 heavy (non-hydrogen) atoms. The van der Waals surface area contributed by atoms with Crippen molar-refractivity contribution in [2.75, 3.05) is 10.6 Å². The van der Waals surface area contributed by atoms with E-state index in [1.165, 1.54) is 55.5 Å². The first-order valence-electron chi connectivity index (χ1n) is 7.40. The van der Waals surface area contributed by atoms with E-state index in [1.807, 2.05) is 0 Å². The molecule has 1 atom stereocenters. The molecule has 0 fully saturated rings. The molecule has 0 aromatic heterocycles. The van der Waals surface area contributed by atoms with Gasteiger partial charge in [0.1, 0.15) is 11.5 Å². The van der Waals surface area contributed by atoms with Gasteiger partial charge < -0.3 is 20.5 Å². The van der Waals surface area contributed by atoms with E-state index in [9.17, 15) is 27.9 Å². The highest BCUT2D eigenvalue weighted by Crippen LogP contribution is 2.21. The number of hydrogen-bond donors (Lipinski definition) is 3. The third kappa shape index (κ3) is 5.40. The Balaban J connectivity index is 1.99. The third-order valence-corrected chi connectivity index (χ3v) is 3.16. The number of aromatic hydroxyl groups is 1. The number of carbonyl (C=O) groups is 2. The van der Waals surface area contributed by atoms with Gasteiger partial charge >= 0.3 is 12.1 Å². The van der Waals surface area contributed by atoms with E-state index in [4.69, 9.17) is 4.74 Å². The number of amides is 2. The predicted molar refractivity (Wildman–Crippen MR) is 88.0 cm³/mol. The highest BCUT2D eigenvalue weighted by molar-refractivity contribution is 5.97. The van der Waals surface area contributed by atoms with Gasteiger partial charge in [-0.15, -0.1) is 0 Å². The average Bonchev–Trinajstić information content (AvgIpc) is 2.56. The summed E-state index contributed by atoms with van der Waals surface area (Å²) in [5.74, 6) is -2.24. The van der Waals surface area contributed by atoms with E-state index in [1.54, 1.807) is 5.32 Å². The number of rotatable bonds is 5. The van der Waals surface area contributed by atoms with Gasteiger partial charge in [0.2, 0.25) is 0 Å². The largest absolute Gasteiger partial charge is 0.508 e. The molecule has 9 heteroatoms. The second-order valence-electron chi connectivity index (χ2n) is 5.28. The standard InChI is InChI=1S/C17H15F3N2O4/c1-10(26-14-7-5-13(23)6-8-14)15(24)21-11-3-2-4-12(9-11)22-16(25)17(18,19)20/h2-10,23H,1H3,(H,21,24)(H,22,25). The molecular weight excluding hydrogens is 353 g/mol. The highest BCUT2D eigenvalue weighted by atomic mass is 19.4. The van der Waals surface area contributed by atoms with Crippen molar-refractivity contribution >= 4 is 23.2 Å². The summed E-state index contributed by atoms with van der Waals surface area (Å²) in [7, 11) is 0. The Bertz CT molecular complexity index is 791. The number of benzene rings is 2. The molecule has 1 unspecified atom stereocenters. The van der Waals surface area contributed by atoms with Crippen molar-refractivity contribution in [2.45, 2.75) is 19.2 Å². The fraction of sp³-hybridized carbons (Fsp3) is 0.176. The molecule has 0 radical (unpaired) electrons. The van der Waals surface area contributed by atoms with Gasteiger partial charge in [0.15, 0.2) is 6.10 Å². The second kappa shape index (κ2) is 7.77. The van der Waals surface area contributed by atoms with E-state index < -0.39 is 24.1 Å². The fourth-order valence-electron chi connectivity index (χ4n) is 1.90. The van der Waals surface area contributed by atoms with Crippen LogP contribution in [0.5, 0.6) is 11.5 Å². The number of phenols is 1. The average molecular weight is 368 g/mol. The Morgan fingerprint density at radius 2 is 1.62 bits per heavy atom. The lowest BCUT2D eigenvalue weighted by atomic mass is 10.2. The van der Waals surface area contributed by atoms with Crippen LogP contribution in [0.4, 0.5) is 24.5 Å². The maximum absolute atomic E-state index is 12.3. The van der Waals surface area contributed by atoms with Crippen molar-refractivity contribution in [3.8, 4) is 11.5 Å². The van der Waals surface area contributed by atoms with Crippen LogP contribution in [0.1, 0.15) is 6.92 Å². The number of hydrogen-bond acceptors (Lipinski definition) is 4. The zero-order valence-corrected chi connectivity index (χ0v) is 13.5. The number of phenolic OH excluding ortho intramolecular Hbond substituents is 1. The summed E-state index contributed by atoms with van der Waals surface area (Å²) in [5.41, 5.74) is 0.0772. The van der Waals surface area contributed by atoms with Crippen molar-refractivity contribution < 1.29 is 32.6 Å². The number of ether oxygens (including phenoxy) is 1. The van der Waals surface area contributed by atoms with E-state index in [0.717, 1.165) is 0 Å². The summed E-state index contributed by atoms with van der Waals surface area (Å²) in [6.07, 6.45) is -5.92. The van der Waals surface area contributed by atoms with Gasteiger partial charge in [-0.1, -0.05) is 6.07 Å². The van der Waals surface area contributed by atoms with E-state index in [-0.39, 0.29) is 17.1 Å². The molecule has 3 N–H and O–H groups in total. The molecule has 2 aromatic rings. The van der Waals surface area contributed by atoms with E-state index >= 15 is 0 Å². The van der Waals surface area contributed by atoms with Crippen molar-refractivity contribution in [3.63, 3.8) is 0 Å². The van der Waals surface area contributed by atoms with Crippen LogP contribution in [-0.4, -0.2) is 29.2 Å². The molecule has 0 heterocycles. The van der Waals surface area contributed by atoms with Gasteiger partial charge in [0.25, 0.3) is 5.91 Å². The van der Waals surface area contributed by atoms with Gasteiger partial charge in [-0.3, -0.25) is 9.59 Å². The smallest absolute Gasteiger partial charge is 0.471 e. The van der Waals surface area contributed by atoms with Crippen LogP contribution in [0.15, 0.2) is 48.5 Å². The Morgan fingerprint density at radius 1 is 1.04 bits per heavy atom. The minimum Gasteiger partial charge on any atom is -0.508 e. The summed E-state index contributed by atoms with van der Waals surface area (Å²) in [6.45, 7) is 1.48. The lowest BCUT2D eigenvalue weighted by molar-refractivity contribution is -0.167. The number of carbonyl (C=O) groups excluding carboxylic acids is 2. The molecular formula is C17H15F3N2O4. The number of nitrogens with one attached hydrogen (secondary N) is 2. The Kier molecular flexibility index (Phi) is 5.71. The molecule has 6 nitrogen and oxygen atoms in total. The monoisotopic (exact) mass is 368 g/mol. The molecule has 2 rings (SSSR count). The molecule has 0 spiro atoms. The normalized spacial score (nSPS) is 12.2. The number of alkyl halides is 3. The lowest BCUT2D eigenvalue weighted by Crippen LogP contribution is -2.31. The molecule has 2 aromatic carbocycles. The Hall–Kier alpha value is -3.23. The van der Waals surface area contributed by atoms with Gasteiger partial charge in [0, 0.05) is 11.4 Å². The second-order valence-corrected chi connectivity index (χ2v) is 5.28. The van der Waals surface area contributed by atoms with Crippen molar-refractivity contribution in [3.05, 3.63) is 48.5 Å². The first-order chi connectivity index (χ1) is 12.1. The Morgan fingerprint density at radius 3 is 2.19 bits per heavy atom. The summed E-state index contributed by atoms with van der Waals surface area (Å²) >= 11 is 0. The molecule has 138 valence electrons. The van der Waals surface area contributed by atoms with Crippen LogP contribution in [0, 0.1) is 0 Å². The van der Waals surface area contributed by atoms with E-state index in [2.05, 4.69) is 5.32 Å². The van der Waals surface area contributed by atoms with Crippen LogP contribution >= 0.6 is 0 Å². The van der Waals surface area contributed by atoms with Crippen LogP contribution in [0.3, 0.4) is 0 Å². The minimum atomic E-state index is -5.01. The third-order valence-electron chi connectivity index (χ3n) is 3.16. The molecule has 0 aliphatic rings. The summed E-state index contributed by atoms with van der Waals surface area (Å²) in [6, 6.07) is 11.0. The summed E-state index contributed by atoms with van der Waals surface area (Å²) in [5, 5.41) is 13.4. The number of halogens is 3. The molecule has 0 bridgehead atoms. The first-order valence-corrected chi connectivity index (χ1v) is 7.40. The SMILES string of the molecule is CC(Oc1ccc(O)cc1)C(=O)Nc1cccc(NC(=O)C(F)(F)F)c1. The zero-order valence-electron chi connectivity index (χ0n) is 13.5. The highest BCUT2D eigenvalue weighted by Gasteiger charge is 2.38. The van der Waals surface area contributed by atoms with Crippen molar-refractivity contribution in [1.29, 1.82) is 0 Å². The molecule has 0 saturated carbocycles. The maximum atomic E-state index is 12.3. The molecule has 0 aliphatic carbocycles. The summed E-state index contributed by atoms with van der Waals surface area (Å²) in [4.78, 5) is 23.1. The van der Waals surface area contributed by atoms with E-state index in [0.29, 0.717) is 5.75 Å². The van der Waals surface area contributed by atoms with Crippen LogP contribution in [0.2, 0.25) is 0 Å². The van der Waals surface area contributed by atoms with Crippen LogP contribution < -0.4 is 15.4 Å². The maximum Gasteiger partial charge on any atom is 0.471 e. The molecule has 2 amide bonds. The van der Waals surface area contributed by atoms with Crippen LogP contribution in [0.25, 0.3) is 0 Å². The van der Waals surface area contributed by atoms with Crippen molar-refractivity contribution in [2.24, 2.45) is 0 Å². The predicted octanol–water partition coefficient (Wildman–Crippen LogP) is 3.30. The van der Waals surface area contributed by atoms with Gasteiger partial charge in [0.05, 0.1) is 0 Å². The molecule has 0 aliphatic heterocycles.